The summed E-state index contributed by atoms with van der Waals surface area (Å²) in [6.07, 6.45) is 78.6. The topological polar surface area (TPSA) is 78.9 Å². The summed E-state index contributed by atoms with van der Waals surface area (Å²) in [4.78, 5) is 38.2. The molecule has 0 aliphatic rings. The number of carbonyl (C=O) groups is 3. The third kappa shape index (κ3) is 57.5. The Morgan fingerprint density at radius 2 is 0.542 bits per heavy atom. The van der Waals surface area contributed by atoms with E-state index in [1.165, 1.54) is 141 Å². The Bertz CT molecular complexity index is 1380. The highest BCUT2D eigenvalue weighted by Gasteiger charge is 2.19. The van der Waals surface area contributed by atoms with Crippen molar-refractivity contribution in [2.24, 2.45) is 0 Å². The maximum atomic E-state index is 12.9. The Balaban J connectivity index is 4.41. The number of hydrogen-bond acceptors (Lipinski definition) is 6. The quantitative estimate of drug-likeness (QED) is 0.0261. The van der Waals surface area contributed by atoms with Gasteiger partial charge in [0.05, 0.1) is 0 Å². The Labute approximate surface area is 445 Å². The fourth-order valence-corrected chi connectivity index (χ4v) is 8.56. The molecular formula is C66H114O6. The van der Waals surface area contributed by atoms with Crippen LogP contribution in [0.5, 0.6) is 0 Å². The molecule has 414 valence electrons. The van der Waals surface area contributed by atoms with Crippen LogP contribution in [0.4, 0.5) is 0 Å². The third-order valence-corrected chi connectivity index (χ3v) is 13.1. The molecule has 6 heteroatoms. The molecule has 0 saturated heterocycles. The monoisotopic (exact) mass is 1000 g/mol. The Hall–Kier alpha value is -3.41. The van der Waals surface area contributed by atoms with Gasteiger partial charge in [-0.1, -0.05) is 266 Å². The SMILES string of the molecule is CC/C=C\C/C=C\C/C=C\C/C=C\C/C=C\C/C=C\CCCCCCC(=O)OCC(COC(=O)CCCCCCC/C=C\CCCCCCC)OC(=O)CCCCCCCCCCCCCCCCCCC. The second kappa shape index (κ2) is 60.1. The number of carbonyl (C=O) groups excluding carboxylic acids is 3. The van der Waals surface area contributed by atoms with Crippen LogP contribution in [0.2, 0.25) is 0 Å². The number of rotatable bonds is 55. The van der Waals surface area contributed by atoms with Gasteiger partial charge in [0.2, 0.25) is 0 Å². The Kier molecular flexibility index (Phi) is 57.3. The molecule has 0 aliphatic carbocycles. The van der Waals surface area contributed by atoms with Crippen molar-refractivity contribution in [1.82, 2.24) is 0 Å². The normalized spacial score (nSPS) is 12.7. The van der Waals surface area contributed by atoms with Crippen LogP contribution in [-0.4, -0.2) is 37.2 Å². The molecule has 0 rings (SSSR count). The van der Waals surface area contributed by atoms with E-state index in [1.807, 2.05) is 0 Å². The van der Waals surface area contributed by atoms with Crippen LogP contribution in [-0.2, 0) is 28.6 Å². The lowest BCUT2D eigenvalue weighted by Crippen LogP contribution is -2.30. The van der Waals surface area contributed by atoms with Crippen LogP contribution < -0.4 is 0 Å². The number of ether oxygens (including phenoxy) is 3. The van der Waals surface area contributed by atoms with Gasteiger partial charge in [0.1, 0.15) is 13.2 Å². The summed E-state index contributed by atoms with van der Waals surface area (Å²) in [5, 5.41) is 0. The zero-order chi connectivity index (χ0) is 52.2. The highest BCUT2D eigenvalue weighted by molar-refractivity contribution is 5.71. The molecule has 72 heavy (non-hydrogen) atoms. The maximum Gasteiger partial charge on any atom is 0.306 e. The molecule has 0 aliphatic heterocycles. The van der Waals surface area contributed by atoms with Crippen molar-refractivity contribution in [1.29, 1.82) is 0 Å². The zero-order valence-electron chi connectivity index (χ0n) is 47.4. The minimum absolute atomic E-state index is 0.0869. The van der Waals surface area contributed by atoms with E-state index in [9.17, 15) is 14.4 Å². The zero-order valence-corrected chi connectivity index (χ0v) is 47.4. The van der Waals surface area contributed by atoms with Crippen LogP contribution >= 0.6 is 0 Å². The molecule has 0 fully saturated rings. The molecule has 0 aromatic rings. The van der Waals surface area contributed by atoms with Gasteiger partial charge in [-0.2, -0.15) is 0 Å². The van der Waals surface area contributed by atoms with Gasteiger partial charge in [0.15, 0.2) is 6.10 Å². The molecule has 0 spiro atoms. The molecule has 6 nitrogen and oxygen atoms in total. The number of hydrogen-bond donors (Lipinski definition) is 0. The van der Waals surface area contributed by atoms with E-state index in [1.54, 1.807) is 0 Å². The van der Waals surface area contributed by atoms with Crippen molar-refractivity contribution in [3.8, 4) is 0 Å². The van der Waals surface area contributed by atoms with Gasteiger partial charge in [0.25, 0.3) is 0 Å². The highest BCUT2D eigenvalue weighted by atomic mass is 16.6. The van der Waals surface area contributed by atoms with E-state index < -0.39 is 6.10 Å². The smallest absolute Gasteiger partial charge is 0.306 e. The van der Waals surface area contributed by atoms with Gasteiger partial charge in [0, 0.05) is 19.3 Å². The van der Waals surface area contributed by atoms with Gasteiger partial charge in [-0.3, -0.25) is 14.4 Å². The Morgan fingerprint density at radius 3 is 0.861 bits per heavy atom. The molecule has 0 aromatic carbocycles. The molecule has 0 bridgehead atoms. The predicted octanol–water partition coefficient (Wildman–Crippen LogP) is 20.7. The van der Waals surface area contributed by atoms with E-state index in [0.29, 0.717) is 19.3 Å². The largest absolute Gasteiger partial charge is 0.462 e. The number of unbranched alkanes of at least 4 members (excludes halogenated alkanes) is 30. The standard InChI is InChI=1S/C66H114O6/c1-4-7-10-13-16-19-22-25-28-30-31-32-33-34-35-37-38-41-44-47-50-53-56-59-65(68)71-62-63(61-70-64(67)58-55-52-49-46-43-40-27-24-21-18-15-12-9-6-3)72-66(69)60-57-54-51-48-45-42-39-36-29-26-23-20-17-14-11-8-5-2/h7,10,16,19,24-25,27-28,31-32,34-35,38,41,63H,4-6,8-9,11-15,17-18,20-23,26,29-30,33,36-37,39-40,42-62H2,1-3H3/b10-7-,19-16-,27-24-,28-25-,32-31-,35-34-,41-38-. The molecule has 0 aromatic heterocycles. The summed E-state index contributed by atoms with van der Waals surface area (Å²) in [5.41, 5.74) is 0. The van der Waals surface area contributed by atoms with Crippen LogP contribution in [0.1, 0.15) is 297 Å². The van der Waals surface area contributed by atoms with Crippen molar-refractivity contribution < 1.29 is 28.6 Å². The predicted molar refractivity (Wildman–Crippen MR) is 311 cm³/mol. The third-order valence-electron chi connectivity index (χ3n) is 13.1. The Morgan fingerprint density at radius 1 is 0.292 bits per heavy atom. The molecule has 0 radical (unpaired) electrons. The molecule has 1 atom stereocenters. The van der Waals surface area contributed by atoms with E-state index in [-0.39, 0.29) is 31.1 Å². The second-order valence-electron chi connectivity index (χ2n) is 20.2. The van der Waals surface area contributed by atoms with Crippen molar-refractivity contribution in [2.75, 3.05) is 13.2 Å². The fourth-order valence-electron chi connectivity index (χ4n) is 8.56. The lowest BCUT2D eigenvalue weighted by atomic mass is 10.0. The van der Waals surface area contributed by atoms with Crippen LogP contribution in [0.25, 0.3) is 0 Å². The van der Waals surface area contributed by atoms with E-state index in [0.717, 1.165) is 116 Å². The molecule has 0 heterocycles. The van der Waals surface area contributed by atoms with Gasteiger partial charge >= 0.3 is 17.9 Å². The van der Waals surface area contributed by atoms with Gasteiger partial charge < -0.3 is 14.2 Å². The summed E-state index contributed by atoms with van der Waals surface area (Å²) in [6.45, 7) is 6.52. The molecule has 1 unspecified atom stereocenters. The first-order chi connectivity index (χ1) is 35.5. The highest BCUT2D eigenvalue weighted by Crippen LogP contribution is 2.16. The van der Waals surface area contributed by atoms with E-state index in [2.05, 4.69) is 106 Å². The fraction of sp³-hybridized carbons (Fsp3) is 0.742. The number of allylic oxidation sites excluding steroid dienone is 14. The van der Waals surface area contributed by atoms with Crippen molar-refractivity contribution >= 4 is 17.9 Å². The van der Waals surface area contributed by atoms with Gasteiger partial charge in [-0.25, -0.2) is 0 Å². The summed E-state index contributed by atoms with van der Waals surface area (Å²) in [5.74, 6) is -0.909. The molecular weight excluding hydrogens is 889 g/mol. The summed E-state index contributed by atoms with van der Waals surface area (Å²) in [6, 6.07) is 0. The van der Waals surface area contributed by atoms with E-state index in [4.69, 9.17) is 14.2 Å². The summed E-state index contributed by atoms with van der Waals surface area (Å²) < 4.78 is 16.9. The lowest BCUT2D eigenvalue weighted by molar-refractivity contribution is -0.167. The first-order valence-corrected chi connectivity index (χ1v) is 30.6. The van der Waals surface area contributed by atoms with Gasteiger partial charge in [-0.05, 0) is 96.3 Å². The lowest BCUT2D eigenvalue weighted by Gasteiger charge is -2.18. The molecule has 0 N–H and O–H groups in total. The summed E-state index contributed by atoms with van der Waals surface area (Å²) >= 11 is 0. The number of esters is 3. The minimum atomic E-state index is -0.790. The molecule has 0 saturated carbocycles. The van der Waals surface area contributed by atoms with Gasteiger partial charge in [-0.15, -0.1) is 0 Å². The first-order valence-electron chi connectivity index (χ1n) is 30.6. The molecule has 0 amide bonds. The summed E-state index contributed by atoms with van der Waals surface area (Å²) in [7, 11) is 0. The average molecular weight is 1000 g/mol. The van der Waals surface area contributed by atoms with E-state index >= 15 is 0 Å². The van der Waals surface area contributed by atoms with Crippen molar-refractivity contribution in [2.45, 2.75) is 303 Å². The van der Waals surface area contributed by atoms with Crippen LogP contribution in [0.15, 0.2) is 85.1 Å². The minimum Gasteiger partial charge on any atom is -0.462 e. The average Bonchev–Trinajstić information content (AvgIpc) is 3.38. The maximum absolute atomic E-state index is 12.9. The van der Waals surface area contributed by atoms with Crippen molar-refractivity contribution in [3.63, 3.8) is 0 Å². The first kappa shape index (κ1) is 68.6. The second-order valence-corrected chi connectivity index (χ2v) is 20.2. The van der Waals surface area contributed by atoms with Crippen molar-refractivity contribution in [3.05, 3.63) is 85.1 Å². The van der Waals surface area contributed by atoms with Crippen LogP contribution in [0.3, 0.4) is 0 Å². The van der Waals surface area contributed by atoms with Crippen LogP contribution in [0, 0.1) is 0 Å².